The molecule has 1 heterocycles. The van der Waals surface area contributed by atoms with Gasteiger partial charge in [0.1, 0.15) is 5.60 Å². The number of rotatable bonds is 1. The van der Waals surface area contributed by atoms with Crippen LogP contribution in [0.3, 0.4) is 0 Å². The summed E-state index contributed by atoms with van der Waals surface area (Å²) in [5.41, 5.74) is 4.83. The van der Waals surface area contributed by atoms with Crippen LogP contribution in [-0.2, 0) is 4.74 Å². The number of primary amides is 1. The third-order valence-corrected chi connectivity index (χ3v) is 2.93. The number of hydrogen-bond donors (Lipinski definition) is 1. The lowest BCUT2D eigenvalue weighted by molar-refractivity contribution is 0.0459. The van der Waals surface area contributed by atoms with Gasteiger partial charge in [0.05, 0.1) is 0 Å². The fourth-order valence-corrected chi connectivity index (χ4v) is 2.12. The number of amides is 1. The summed E-state index contributed by atoms with van der Waals surface area (Å²) in [5, 5.41) is 0. The minimum atomic E-state index is -0.623. The van der Waals surface area contributed by atoms with E-state index in [4.69, 9.17) is 10.5 Å². The van der Waals surface area contributed by atoms with Crippen molar-refractivity contribution in [1.29, 1.82) is 0 Å². The summed E-state index contributed by atoms with van der Waals surface area (Å²) in [6.45, 7) is 2.04. The molecular weight excluding hydrogens is 156 g/mol. The van der Waals surface area contributed by atoms with Gasteiger partial charge in [0.2, 0.25) is 0 Å². The van der Waals surface area contributed by atoms with Gasteiger partial charge in [0.15, 0.2) is 0 Å². The molecular formula is C8H14N2O2. The molecule has 1 aliphatic heterocycles. The first kappa shape index (κ1) is 7.86. The van der Waals surface area contributed by atoms with E-state index in [2.05, 4.69) is 11.9 Å². The smallest absolute Gasteiger partial charge is 0.405 e. The molecule has 0 radical (unpaired) electrons. The number of nitrogens with zero attached hydrogens (tertiary/aromatic N) is 1. The Morgan fingerprint density at radius 1 is 1.75 bits per heavy atom. The molecule has 12 heavy (non-hydrogen) atoms. The second-order valence-corrected chi connectivity index (χ2v) is 3.90. The van der Waals surface area contributed by atoms with E-state index < -0.39 is 6.09 Å². The van der Waals surface area contributed by atoms with Gasteiger partial charge in [0.25, 0.3) is 0 Å². The summed E-state index contributed by atoms with van der Waals surface area (Å²) >= 11 is 0. The van der Waals surface area contributed by atoms with Crippen molar-refractivity contribution in [3.05, 3.63) is 0 Å². The summed E-state index contributed by atoms with van der Waals surface area (Å²) in [6.07, 6.45) is 1.32. The van der Waals surface area contributed by atoms with Crippen molar-refractivity contribution in [2.75, 3.05) is 20.1 Å². The molecule has 2 unspecified atom stereocenters. The Kier molecular flexibility index (Phi) is 1.54. The maximum Gasteiger partial charge on any atom is 0.405 e. The van der Waals surface area contributed by atoms with Crippen LogP contribution >= 0.6 is 0 Å². The van der Waals surface area contributed by atoms with Gasteiger partial charge in [-0.15, -0.1) is 0 Å². The second-order valence-electron chi connectivity index (χ2n) is 3.90. The highest BCUT2D eigenvalue weighted by Crippen LogP contribution is 2.52. The largest absolute Gasteiger partial charge is 0.443 e. The van der Waals surface area contributed by atoms with Crippen LogP contribution < -0.4 is 5.73 Å². The maximum absolute atomic E-state index is 10.6. The second kappa shape index (κ2) is 2.36. The number of carbonyl (C=O) groups is 1. The Hall–Kier alpha value is -0.770. The van der Waals surface area contributed by atoms with Crippen LogP contribution in [-0.4, -0.2) is 36.7 Å². The zero-order valence-corrected chi connectivity index (χ0v) is 7.25. The lowest BCUT2D eigenvalue weighted by Crippen LogP contribution is -2.38. The quantitative estimate of drug-likeness (QED) is 0.610. The van der Waals surface area contributed by atoms with Crippen LogP contribution in [0.4, 0.5) is 4.79 Å². The number of piperidine rings is 1. The lowest BCUT2D eigenvalue weighted by Gasteiger charge is -2.27. The average molecular weight is 170 g/mol. The molecule has 1 saturated heterocycles. The van der Waals surface area contributed by atoms with Crippen LogP contribution in [0.25, 0.3) is 0 Å². The molecule has 2 rings (SSSR count). The van der Waals surface area contributed by atoms with Crippen molar-refractivity contribution in [2.24, 2.45) is 11.7 Å². The van der Waals surface area contributed by atoms with Gasteiger partial charge in [-0.2, -0.15) is 0 Å². The number of likely N-dealkylation sites (tertiary alicyclic amines) is 1. The highest BCUT2D eigenvalue weighted by atomic mass is 16.6. The van der Waals surface area contributed by atoms with E-state index in [1.54, 1.807) is 0 Å². The normalized spacial score (nSPS) is 40.2. The summed E-state index contributed by atoms with van der Waals surface area (Å²) in [5.74, 6) is 0.531. The van der Waals surface area contributed by atoms with Gasteiger partial charge in [-0.05, 0) is 13.5 Å². The van der Waals surface area contributed by atoms with E-state index in [0.29, 0.717) is 5.92 Å². The molecule has 2 fully saturated rings. The molecule has 2 N–H and O–H groups in total. The van der Waals surface area contributed by atoms with Crippen LogP contribution in [0.5, 0.6) is 0 Å². The standard InChI is InChI=1S/C8H14N2O2/c1-10-3-2-8(12-7(9)11)4-6(8)5-10/h6H,2-5H2,1H3,(H2,9,11). The molecule has 0 bridgehead atoms. The number of ether oxygens (including phenoxy) is 1. The molecule has 1 aliphatic carbocycles. The van der Waals surface area contributed by atoms with Crippen molar-refractivity contribution in [1.82, 2.24) is 4.90 Å². The Balaban J connectivity index is 1.95. The van der Waals surface area contributed by atoms with Crippen LogP contribution in [0.15, 0.2) is 0 Å². The van der Waals surface area contributed by atoms with Gasteiger partial charge < -0.3 is 15.4 Å². The lowest BCUT2D eigenvalue weighted by atomic mass is 10.1. The van der Waals surface area contributed by atoms with Gasteiger partial charge in [0, 0.05) is 25.4 Å². The first-order valence-electron chi connectivity index (χ1n) is 4.29. The van der Waals surface area contributed by atoms with Crippen LogP contribution in [0, 0.1) is 5.92 Å². The van der Waals surface area contributed by atoms with Crippen molar-refractivity contribution in [2.45, 2.75) is 18.4 Å². The third-order valence-electron chi connectivity index (χ3n) is 2.93. The van der Waals surface area contributed by atoms with Crippen molar-refractivity contribution >= 4 is 6.09 Å². The Bertz CT molecular complexity index is 219. The average Bonchev–Trinajstić information content (AvgIpc) is 2.60. The van der Waals surface area contributed by atoms with E-state index in [1.165, 1.54) is 0 Å². The van der Waals surface area contributed by atoms with E-state index >= 15 is 0 Å². The predicted octanol–water partition coefficient (Wildman–Crippen LogP) is 0.176. The van der Waals surface area contributed by atoms with E-state index in [9.17, 15) is 4.79 Å². The Morgan fingerprint density at radius 3 is 3.08 bits per heavy atom. The Morgan fingerprint density at radius 2 is 2.50 bits per heavy atom. The molecule has 0 spiro atoms. The molecule has 0 aromatic heterocycles. The third kappa shape index (κ3) is 1.16. The van der Waals surface area contributed by atoms with E-state index in [1.807, 2.05) is 0 Å². The fourth-order valence-electron chi connectivity index (χ4n) is 2.12. The minimum Gasteiger partial charge on any atom is -0.443 e. The van der Waals surface area contributed by atoms with Crippen molar-refractivity contribution in [3.8, 4) is 0 Å². The molecule has 2 aliphatic rings. The van der Waals surface area contributed by atoms with Crippen molar-refractivity contribution in [3.63, 3.8) is 0 Å². The van der Waals surface area contributed by atoms with E-state index in [-0.39, 0.29) is 5.60 Å². The molecule has 0 aromatic rings. The maximum atomic E-state index is 10.6. The first-order valence-corrected chi connectivity index (χ1v) is 4.29. The SMILES string of the molecule is CN1CCC2(OC(N)=O)CC2C1. The van der Waals surface area contributed by atoms with Crippen LogP contribution in [0.1, 0.15) is 12.8 Å². The summed E-state index contributed by atoms with van der Waals surface area (Å²) < 4.78 is 5.11. The van der Waals surface area contributed by atoms with Gasteiger partial charge in [-0.3, -0.25) is 0 Å². The number of carbonyl (C=O) groups excluding carboxylic acids is 1. The summed E-state index contributed by atoms with van der Waals surface area (Å²) in [4.78, 5) is 12.8. The summed E-state index contributed by atoms with van der Waals surface area (Å²) in [7, 11) is 2.09. The minimum absolute atomic E-state index is 0.168. The molecule has 1 saturated carbocycles. The number of fused-ring (bicyclic) bond motifs is 1. The highest BCUT2D eigenvalue weighted by Gasteiger charge is 2.59. The molecule has 4 heteroatoms. The zero-order chi connectivity index (χ0) is 8.77. The van der Waals surface area contributed by atoms with Crippen molar-refractivity contribution < 1.29 is 9.53 Å². The summed E-state index contributed by atoms with van der Waals surface area (Å²) in [6, 6.07) is 0. The number of nitrogens with two attached hydrogens (primary N) is 1. The highest BCUT2D eigenvalue weighted by molar-refractivity contribution is 5.65. The molecule has 2 atom stereocenters. The fraction of sp³-hybridized carbons (Fsp3) is 0.875. The topological polar surface area (TPSA) is 55.6 Å². The van der Waals surface area contributed by atoms with Gasteiger partial charge in [-0.1, -0.05) is 0 Å². The zero-order valence-electron chi connectivity index (χ0n) is 7.25. The van der Waals surface area contributed by atoms with Gasteiger partial charge >= 0.3 is 6.09 Å². The Labute approximate surface area is 71.7 Å². The molecule has 1 amide bonds. The molecule has 68 valence electrons. The van der Waals surface area contributed by atoms with Crippen LogP contribution in [0.2, 0.25) is 0 Å². The predicted molar refractivity (Wildman–Crippen MR) is 43.6 cm³/mol. The monoisotopic (exact) mass is 170 g/mol. The van der Waals surface area contributed by atoms with E-state index in [0.717, 1.165) is 25.9 Å². The molecule has 0 aromatic carbocycles. The first-order chi connectivity index (χ1) is 5.62. The number of hydrogen-bond acceptors (Lipinski definition) is 3. The molecule has 4 nitrogen and oxygen atoms in total. The van der Waals surface area contributed by atoms with Gasteiger partial charge in [-0.25, -0.2) is 4.79 Å².